The van der Waals surface area contributed by atoms with E-state index in [1.807, 2.05) is 36.4 Å². The lowest BCUT2D eigenvalue weighted by Crippen LogP contribution is -2.29. The first-order chi connectivity index (χ1) is 16.2. The molecule has 3 aromatic rings. The Balaban J connectivity index is 1.43. The van der Waals surface area contributed by atoms with E-state index in [0.29, 0.717) is 0 Å². The van der Waals surface area contributed by atoms with Gasteiger partial charge in [-0.2, -0.15) is 0 Å². The van der Waals surface area contributed by atoms with Crippen molar-refractivity contribution in [1.82, 2.24) is 4.90 Å². The number of aromatic hydroxyl groups is 1. The molecule has 1 saturated heterocycles. The summed E-state index contributed by atoms with van der Waals surface area (Å²) < 4.78 is 6.53. The molecule has 0 spiro atoms. The molecule has 1 fully saturated rings. The number of para-hydroxylation sites is 1. The lowest BCUT2D eigenvalue weighted by Gasteiger charge is -2.31. The number of ether oxygens (including phenoxy) is 1. The molecular weight excluding hydrogens is 406 g/mol. The van der Waals surface area contributed by atoms with Crippen LogP contribution in [0.25, 0.3) is 17.2 Å². The fraction of sp³-hybridized carbons (Fsp3) is 0.267. The van der Waals surface area contributed by atoms with Gasteiger partial charge < -0.3 is 9.84 Å². The maximum absolute atomic E-state index is 10.1. The van der Waals surface area contributed by atoms with E-state index in [4.69, 9.17) is 4.74 Å². The summed E-state index contributed by atoms with van der Waals surface area (Å²) in [6.07, 6.45) is 8.27. The summed E-state index contributed by atoms with van der Waals surface area (Å²) in [5.41, 5.74) is 6.67. The van der Waals surface area contributed by atoms with Crippen molar-refractivity contribution in [2.75, 3.05) is 19.6 Å². The van der Waals surface area contributed by atoms with Gasteiger partial charge in [-0.1, -0.05) is 73.2 Å². The molecule has 3 aromatic carbocycles. The minimum atomic E-state index is -0.229. The molecule has 0 amide bonds. The zero-order chi connectivity index (χ0) is 22.6. The van der Waals surface area contributed by atoms with E-state index in [-0.39, 0.29) is 11.9 Å². The fourth-order valence-corrected chi connectivity index (χ4v) is 4.94. The number of likely N-dealkylation sites (tertiary alicyclic amines) is 1. The van der Waals surface area contributed by atoms with Crippen LogP contribution in [0.1, 0.15) is 54.5 Å². The number of allylic oxidation sites excluding steroid dienone is 1. The molecule has 0 saturated carbocycles. The average Bonchev–Trinajstić information content (AvgIpc) is 2.85. The zero-order valence-electron chi connectivity index (χ0n) is 19.2. The van der Waals surface area contributed by atoms with Crippen LogP contribution in [0.4, 0.5) is 0 Å². The molecule has 0 aromatic heterocycles. The molecule has 2 aliphatic heterocycles. The maximum atomic E-state index is 10.1. The summed E-state index contributed by atoms with van der Waals surface area (Å²) >= 11 is 0. The number of hydrogen-bond donors (Lipinski definition) is 1. The van der Waals surface area contributed by atoms with Gasteiger partial charge in [0.2, 0.25) is 0 Å². The number of hydrogen-bond acceptors (Lipinski definition) is 3. The molecule has 168 valence electrons. The molecular formula is C30H31NO2. The summed E-state index contributed by atoms with van der Waals surface area (Å²) in [6, 6.07) is 24.3. The molecule has 1 N–H and O–H groups in total. The van der Waals surface area contributed by atoms with Gasteiger partial charge in [0, 0.05) is 17.7 Å². The molecule has 5 rings (SSSR count). The Morgan fingerprint density at radius 3 is 2.52 bits per heavy atom. The predicted molar refractivity (Wildman–Crippen MR) is 136 cm³/mol. The van der Waals surface area contributed by atoms with Gasteiger partial charge in [0.15, 0.2) is 0 Å². The lowest BCUT2D eigenvalue weighted by molar-refractivity contribution is 0.252. The van der Waals surface area contributed by atoms with Gasteiger partial charge in [-0.15, -0.1) is 0 Å². The van der Waals surface area contributed by atoms with Crippen molar-refractivity contribution < 1.29 is 9.84 Å². The highest BCUT2D eigenvalue weighted by Gasteiger charge is 2.29. The van der Waals surface area contributed by atoms with Crippen molar-refractivity contribution in [2.45, 2.75) is 32.3 Å². The number of piperidine rings is 1. The molecule has 2 aliphatic rings. The van der Waals surface area contributed by atoms with E-state index in [1.54, 1.807) is 6.07 Å². The van der Waals surface area contributed by atoms with E-state index in [2.05, 4.69) is 54.3 Å². The van der Waals surface area contributed by atoms with Crippen LogP contribution < -0.4 is 4.74 Å². The monoisotopic (exact) mass is 437 g/mol. The number of nitrogens with zero attached hydrogens (tertiary/aromatic N) is 1. The molecule has 33 heavy (non-hydrogen) atoms. The van der Waals surface area contributed by atoms with Crippen LogP contribution in [-0.4, -0.2) is 29.6 Å². The van der Waals surface area contributed by atoms with Crippen LogP contribution in [-0.2, 0) is 0 Å². The predicted octanol–water partition coefficient (Wildman–Crippen LogP) is 6.96. The fourth-order valence-electron chi connectivity index (χ4n) is 4.94. The Bertz CT molecular complexity index is 1170. The molecule has 1 atom stereocenters. The van der Waals surface area contributed by atoms with Crippen LogP contribution in [0.5, 0.6) is 11.5 Å². The Kier molecular flexibility index (Phi) is 6.32. The minimum absolute atomic E-state index is 0.229. The topological polar surface area (TPSA) is 32.7 Å². The van der Waals surface area contributed by atoms with Crippen LogP contribution in [0.15, 0.2) is 78.9 Å². The van der Waals surface area contributed by atoms with Gasteiger partial charge >= 0.3 is 0 Å². The third kappa shape index (κ3) is 4.74. The van der Waals surface area contributed by atoms with Crippen LogP contribution in [0.3, 0.4) is 0 Å². The SMILES string of the molecule is CC1=C(c2cccc(O)c2)C(c2ccc(/C=C\CN3CCCCC3)cc2)Oc2ccccc21. The Labute approximate surface area is 196 Å². The summed E-state index contributed by atoms with van der Waals surface area (Å²) in [5.74, 6) is 1.16. The first-order valence-corrected chi connectivity index (χ1v) is 11.9. The average molecular weight is 438 g/mol. The second-order valence-electron chi connectivity index (χ2n) is 9.01. The lowest BCUT2D eigenvalue weighted by atomic mass is 9.86. The van der Waals surface area contributed by atoms with E-state index in [9.17, 15) is 5.11 Å². The van der Waals surface area contributed by atoms with Crippen molar-refractivity contribution in [3.8, 4) is 11.5 Å². The first kappa shape index (κ1) is 21.5. The second kappa shape index (κ2) is 9.68. The van der Waals surface area contributed by atoms with Crippen LogP contribution >= 0.6 is 0 Å². The largest absolute Gasteiger partial charge is 0.508 e. The normalized spacial score (nSPS) is 18.9. The Morgan fingerprint density at radius 2 is 1.73 bits per heavy atom. The highest BCUT2D eigenvalue weighted by atomic mass is 16.5. The molecule has 3 nitrogen and oxygen atoms in total. The summed E-state index contributed by atoms with van der Waals surface area (Å²) in [5, 5.41) is 10.1. The highest BCUT2D eigenvalue weighted by Crippen LogP contribution is 2.46. The number of phenols is 1. The van der Waals surface area contributed by atoms with E-state index in [1.165, 1.54) is 43.5 Å². The highest BCUT2D eigenvalue weighted by molar-refractivity contribution is 5.95. The van der Waals surface area contributed by atoms with Gasteiger partial charge in [-0.3, -0.25) is 4.90 Å². The van der Waals surface area contributed by atoms with Crippen molar-refractivity contribution in [2.24, 2.45) is 0 Å². The van der Waals surface area contributed by atoms with Gasteiger partial charge in [-0.05, 0) is 73.3 Å². The van der Waals surface area contributed by atoms with E-state index < -0.39 is 0 Å². The van der Waals surface area contributed by atoms with Crippen molar-refractivity contribution in [1.29, 1.82) is 0 Å². The molecule has 2 heterocycles. The standard InChI is InChI=1S/C30H31NO2/c1-22-27-12-3-4-13-28(27)33-30(29(22)25-10-7-11-26(32)21-25)24-16-14-23(15-17-24)9-8-20-31-18-5-2-6-19-31/h3-4,7-17,21,30,32H,2,5-6,18-20H2,1H3/b9-8-. The number of fused-ring (bicyclic) bond motifs is 1. The number of rotatable bonds is 5. The van der Waals surface area contributed by atoms with Gasteiger partial charge in [0.05, 0.1) is 0 Å². The summed E-state index contributed by atoms with van der Waals surface area (Å²) in [4.78, 5) is 2.52. The third-order valence-corrected chi connectivity index (χ3v) is 6.72. The van der Waals surface area contributed by atoms with Gasteiger partial charge in [0.25, 0.3) is 0 Å². The summed E-state index contributed by atoms with van der Waals surface area (Å²) in [7, 11) is 0. The van der Waals surface area contributed by atoms with Crippen molar-refractivity contribution >= 4 is 17.2 Å². The number of phenolic OH excluding ortho intramolecular Hbond substituents is 1. The van der Waals surface area contributed by atoms with Gasteiger partial charge in [0.1, 0.15) is 17.6 Å². The molecule has 0 aliphatic carbocycles. The second-order valence-corrected chi connectivity index (χ2v) is 9.01. The van der Waals surface area contributed by atoms with Gasteiger partial charge in [-0.25, -0.2) is 0 Å². The molecule has 0 radical (unpaired) electrons. The van der Waals surface area contributed by atoms with E-state index in [0.717, 1.165) is 34.6 Å². The smallest absolute Gasteiger partial charge is 0.150 e. The van der Waals surface area contributed by atoms with Crippen molar-refractivity contribution in [3.63, 3.8) is 0 Å². The number of benzene rings is 3. The first-order valence-electron chi connectivity index (χ1n) is 11.9. The zero-order valence-corrected chi connectivity index (χ0v) is 19.2. The minimum Gasteiger partial charge on any atom is -0.508 e. The Morgan fingerprint density at radius 1 is 0.939 bits per heavy atom. The molecule has 1 unspecified atom stereocenters. The van der Waals surface area contributed by atoms with Crippen LogP contribution in [0, 0.1) is 0 Å². The quantitative estimate of drug-likeness (QED) is 0.468. The van der Waals surface area contributed by atoms with E-state index >= 15 is 0 Å². The molecule has 3 heteroatoms. The van der Waals surface area contributed by atoms with Crippen LogP contribution in [0.2, 0.25) is 0 Å². The molecule has 0 bridgehead atoms. The van der Waals surface area contributed by atoms with Crippen molar-refractivity contribution in [3.05, 3.63) is 101 Å². The third-order valence-electron chi connectivity index (χ3n) is 6.72. The Hall–Kier alpha value is -3.30. The summed E-state index contributed by atoms with van der Waals surface area (Å²) in [6.45, 7) is 5.60. The maximum Gasteiger partial charge on any atom is 0.150 e.